The summed E-state index contributed by atoms with van der Waals surface area (Å²) in [5, 5.41) is 6.56. The van der Waals surface area contributed by atoms with Crippen molar-refractivity contribution in [2.75, 3.05) is 50.5 Å². The number of carbonyl (C=O) groups is 1. The highest BCUT2D eigenvalue weighted by molar-refractivity contribution is 5.79. The van der Waals surface area contributed by atoms with Crippen LogP contribution >= 0.6 is 0 Å². The molecular weight excluding hydrogens is 410 g/mol. The van der Waals surface area contributed by atoms with Gasteiger partial charge in [0, 0.05) is 43.7 Å². The van der Waals surface area contributed by atoms with Crippen molar-refractivity contribution in [2.45, 2.75) is 58.0 Å². The number of amides is 1. The number of morpholine rings is 1. The van der Waals surface area contributed by atoms with Gasteiger partial charge in [0.2, 0.25) is 11.8 Å². The Morgan fingerprint density at radius 1 is 1.25 bits per heavy atom. The van der Waals surface area contributed by atoms with E-state index in [1.807, 2.05) is 19.9 Å². The SMILES string of the molecule is CC(C)NC(=O)C1CCC(Nc2cc(OCCCN3CCOCC3)ncc2N)CC1.N.N. The normalized spacial score (nSPS) is 21.2. The summed E-state index contributed by atoms with van der Waals surface area (Å²) in [4.78, 5) is 18.9. The number of nitrogens with two attached hydrogens (primary N) is 1. The van der Waals surface area contributed by atoms with Gasteiger partial charge in [0.25, 0.3) is 0 Å². The van der Waals surface area contributed by atoms with Crippen LogP contribution in [0.25, 0.3) is 0 Å². The molecular formula is C22H43N7O3. The maximum Gasteiger partial charge on any atom is 0.223 e. The molecule has 0 aromatic carbocycles. The Hall–Kier alpha value is -2.14. The fourth-order valence-corrected chi connectivity index (χ4v) is 4.06. The van der Waals surface area contributed by atoms with Crippen molar-refractivity contribution in [1.82, 2.24) is 27.5 Å². The van der Waals surface area contributed by atoms with Crippen LogP contribution in [0.1, 0.15) is 46.0 Å². The Morgan fingerprint density at radius 2 is 1.94 bits per heavy atom. The second kappa shape index (κ2) is 14.1. The molecule has 2 aliphatic rings. The Balaban J connectivity index is 0.00000256. The van der Waals surface area contributed by atoms with E-state index in [1.165, 1.54) is 0 Å². The fraction of sp³-hybridized carbons (Fsp3) is 0.727. The van der Waals surface area contributed by atoms with E-state index in [0.717, 1.165) is 70.6 Å². The van der Waals surface area contributed by atoms with E-state index in [9.17, 15) is 4.79 Å². The van der Waals surface area contributed by atoms with Gasteiger partial charge in [0.05, 0.1) is 37.4 Å². The summed E-state index contributed by atoms with van der Waals surface area (Å²) in [6.45, 7) is 9.27. The van der Waals surface area contributed by atoms with Crippen LogP contribution in [0.4, 0.5) is 11.4 Å². The van der Waals surface area contributed by atoms with Gasteiger partial charge >= 0.3 is 0 Å². The zero-order chi connectivity index (χ0) is 21.3. The molecule has 0 atom stereocenters. The van der Waals surface area contributed by atoms with Gasteiger partial charge in [0.15, 0.2) is 0 Å². The van der Waals surface area contributed by atoms with Gasteiger partial charge in [-0.2, -0.15) is 0 Å². The van der Waals surface area contributed by atoms with Gasteiger partial charge in [-0.15, -0.1) is 0 Å². The zero-order valence-electron chi connectivity index (χ0n) is 19.8. The lowest BCUT2D eigenvalue weighted by atomic mass is 9.85. The number of nitrogens with zero attached hydrogens (tertiary/aromatic N) is 2. The number of ether oxygens (including phenoxy) is 2. The second-order valence-electron chi connectivity index (χ2n) is 8.62. The van der Waals surface area contributed by atoms with Gasteiger partial charge in [-0.3, -0.25) is 9.69 Å². The largest absolute Gasteiger partial charge is 0.478 e. The summed E-state index contributed by atoms with van der Waals surface area (Å²) >= 11 is 0. The van der Waals surface area contributed by atoms with Crippen molar-refractivity contribution < 1.29 is 14.3 Å². The van der Waals surface area contributed by atoms with Crippen LogP contribution in [0.5, 0.6) is 5.88 Å². The average molecular weight is 454 g/mol. The minimum Gasteiger partial charge on any atom is -0.478 e. The highest BCUT2D eigenvalue weighted by atomic mass is 16.5. The number of nitrogen functional groups attached to an aromatic ring is 1. The van der Waals surface area contributed by atoms with Crippen LogP contribution in [0.15, 0.2) is 12.3 Å². The number of nitrogens with one attached hydrogen (secondary N) is 2. The smallest absolute Gasteiger partial charge is 0.223 e. The Bertz CT molecular complexity index is 675. The third kappa shape index (κ3) is 8.78. The second-order valence-corrected chi connectivity index (χ2v) is 8.62. The summed E-state index contributed by atoms with van der Waals surface area (Å²) in [5.41, 5.74) is 7.61. The molecule has 0 radical (unpaired) electrons. The number of aromatic nitrogens is 1. The fourth-order valence-electron chi connectivity index (χ4n) is 4.06. The van der Waals surface area contributed by atoms with Gasteiger partial charge in [0.1, 0.15) is 0 Å². The molecule has 10 nitrogen and oxygen atoms in total. The van der Waals surface area contributed by atoms with Gasteiger partial charge in [-0.1, -0.05) is 0 Å². The summed E-state index contributed by atoms with van der Waals surface area (Å²) in [6, 6.07) is 2.39. The lowest BCUT2D eigenvalue weighted by Gasteiger charge is -2.30. The standard InChI is InChI=1S/C22H37N5O3.2H3N/c1-16(2)25-22(28)17-4-6-18(7-5-17)26-20-14-21(24-15-19(20)23)30-11-3-8-27-9-12-29-13-10-27;;/h14-18H,3-13,23H2,1-2H3,(H,24,26)(H,25,28);2*1H3. The molecule has 2 fully saturated rings. The topological polar surface area (TPSA) is 172 Å². The summed E-state index contributed by atoms with van der Waals surface area (Å²) in [6.07, 6.45) is 6.30. The molecule has 0 bridgehead atoms. The van der Waals surface area contributed by atoms with E-state index in [0.29, 0.717) is 24.2 Å². The quantitative estimate of drug-likeness (QED) is 0.352. The first-order chi connectivity index (χ1) is 14.5. The lowest BCUT2D eigenvalue weighted by molar-refractivity contribution is -0.126. The van der Waals surface area contributed by atoms with Gasteiger partial charge in [-0.25, -0.2) is 4.98 Å². The Morgan fingerprint density at radius 3 is 2.59 bits per heavy atom. The molecule has 0 spiro atoms. The lowest BCUT2D eigenvalue weighted by Crippen LogP contribution is -2.38. The molecule has 1 saturated carbocycles. The molecule has 1 saturated heterocycles. The van der Waals surface area contributed by atoms with Crippen LogP contribution in [0.3, 0.4) is 0 Å². The molecule has 32 heavy (non-hydrogen) atoms. The molecule has 1 aliphatic carbocycles. The van der Waals surface area contributed by atoms with Crippen molar-refractivity contribution in [2.24, 2.45) is 5.92 Å². The Labute approximate surface area is 192 Å². The minimum atomic E-state index is 0. The third-order valence-corrected chi connectivity index (χ3v) is 5.77. The predicted octanol–water partition coefficient (Wildman–Crippen LogP) is 2.58. The highest BCUT2D eigenvalue weighted by Crippen LogP contribution is 2.30. The average Bonchev–Trinajstić information content (AvgIpc) is 2.74. The number of rotatable bonds is 9. The van der Waals surface area contributed by atoms with Crippen molar-refractivity contribution in [3.63, 3.8) is 0 Å². The van der Waals surface area contributed by atoms with Crippen LogP contribution < -0.4 is 33.4 Å². The van der Waals surface area contributed by atoms with Gasteiger partial charge in [-0.05, 0) is 46.0 Å². The molecule has 1 aromatic heterocycles. The van der Waals surface area contributed by atoms with E-state index in [1.54, 1.807) is 6.20 Å². The van der Waals surface area contributed by atoms with Crippen LogP contribution in [0.2, 0.25) is 0 Å². The van der Waals surface area contributed by atoms with E-state index in [-0.39, 0.29) is 30.2 Å². The molecule has 10 heteroatoms. The maximum absolute atomic E-state index is 12.2. The molecule has 10 N–H and O–H groups in total. The van der Waals surface area contributed by atoms with Crippen LogP contribution in [-0.2, 0) is 9.53 Å². The maximum atomic E-state index is 12.2. The summed E-state index contributed by atoms with van der Waals surface area (Å²) in [5.74, 6) is 0.893. The third-order valence-electron chi connectivity index (χ3n) is 5.77. The molecule has 3 rings (SSSR count). The molecule has 184 valence electrons. The van der Waals surface area contributed by atoms with Crippen LogP contribution in [-0.4, -0.2) is 67.3 Å². The number of hydrogen-bond acceptors (Lipinski definition) is 9. The number of hydrogen-bond donors (Lipinski definition) is 5. The number of anilines is 2. The van der Waals surface area contributed by atoms with Crippen molar-refractivity contribution >= 4 is 17.3 Å². The van der Waals surface area contributed by atoms with E-state index >= 15 is 0 Å². The zero-order valence-corrected chi connectivity index (χ0v) is 19.8. The molecule has 1 amide bonds. The van der Waals surface area contributed by atoms with Crippen LogP contribution in [0, 0.1) is 5.92 Å². The van der Waals surface area contributed by atoms with E-state index < -0.39 is 0 Å². The molecule has 1 aliphatic heterocycles. The van der Waals surface area contributed by atoms with Crippen molar-refractivity contribution in [1.29, 1.82) is 0 Å². The monoisotopic (exact) mass is 453 g/mol. The molecule has 1 aromatic rings. The predicted molar refractivity (Wildman–Crippen MR) is 129 cm³/mol. The first-order valence-electron chi connectivity index (χ1n) is 11.3. The van der Waals surface area contributed by atoms with E-state index in [2.05, 4.69) is 20.5 Å². The summed E-state index contributed by atoms with van der Waals surface area (Å²) < 4.78 is 11.2. The summed E-state index contributed by atoms with van der Waals surface area (Å²) in [7, 11) is 0. The van der Waals surface area contributed by atoms with Crippen molar-refractivity contribution in [3.05, 3.63) is 12.3 Å². The molecule has 2 heterocycles. The Kier molecular flexibility index (Phi) is 12.3. The molecule has 0 unspecified atom stereocenters. The first kappa shape index (κ1) is 27.9. The van der Waals surface area contributed by atoms with Crippen molar-refractivity contribution in [3.8, 4) is 5.88 Å². The number of carbonyl (C=O) groups excluding carboxylic acids is 1. The minimum absolute atomic E-state index is 0. The van der Waals surface area contributed by atoms with E-state index in [4.69, 9.17) is 15.2 Å². The number of pyridine rings is 1. The van der Waals surface area contributed by atoms with Gasteiger partial charge < -0.3 is 38.1 Å². The highest BCUT2D eigenvalue weighted by Gasteiger charge is 2.26. The first-order valence-corrected chi connectivity index (χ1v) is 11.3.